The van der Waals surface area contributed by atoms with Crippen LogP contribution in [-0.2, 0) is 4.79 Å². The van der Waals surface area contributed by atoms with Crippen LogP contribution in [-0.4, -0.2) is 15.9 Å². The molecule has 0 heterocycles. The molecule has 1 atom stereocenters. The molecule has 0 saturated heterocycles. The van der Waals surface area contributed by atoms with Crippen molar-refractivity contribution in [2.24, 2.45) is 0 Å². The summed E-state index contributed by atoms with van der Waals surface area (Å²) in [5.41, 5.74) is 1.93. The Balaban J connectivity index is 2.15. The van der Waals surface area contributed by atoms with Gasteiger partial charge >= 0.3 is 0 Å². The summed E-state index contributed by atoms with van der Waals surface area (Å²) in [6.07, 6.45) is 14.9. The first kappa shape index (κ1) is 27.4. The quantitative estimate of drug-likeness (QED) is 0.143. The topological polar surface area (TPSA) is 41.1 Å². The summed E-state index contributed by atoms with van der Waals surface area (Å²) < 4.78 is -1.64. The molecule has 172 valence electrons. The molecule has 0 aromatic heterocycles. The van der Waals surface area contributed by atoms with Crippen LogP contribution in [0.25, 0.3) is 0 Å². The van der Waals surface area contributed by atoms with Crippen LogP contribution in [0.4, 0.5) is 5.69 Å². The fourth-order valence-corrected chi connectivity index (χ4v) is 3.70. The van der Waals surface area contributed by atoms with E-state index in [4.69, 9.17) is 34.8 Å². The van der Waals surface area contributed by atoms with Crippen LogP contribution >= 0.6 is 34.8 Å². The van der Waals surface area contributed by atoms with Gasteiger partial charge in [-0.1, -0.05) is 130 Å². The Labute approximate surface area is 198 Å². The van der Waals surface area contributed by atoms with Crippen molar-refractivity contribution in [3.63, 3.8) is 0 Å². The third-order valence-electron chi connectivity index (χ3n) is 5.25. The molecule has 0 aliphatic carbocycles. The number of alkyl halides is 3. The Morgan fingerprint density at radius 1 is 0.833 bits per heavy atom. The number of hydrogen-bond donors (Lipinski definition) is 2. The molecule has 0 spiro atoms. The first-order valence-corrected chi connectivity index (χ1v) is 12.7. The van der Waals surface area contributed by atoms with Gasteiger partial charge in [0.25, 0.3) is 0 Å². The van der Waals surface area contributed by atoms with Gasteiger partial charge in [0.1, 0.15) is 6.17 Å². The van der Waals surface area contributed by atoms with Crippen molar-refractivity contribution < 1.29 is 4.79 Å². The van der Waals surface area contributed by atoms with E-state index in [1.807, 2.05) is 31.2 Å². The first-order valence-electron chi connectivity index (χ1n) is 11.5. The molecular formula is C24H39Cl3N2O. The summed E-state index contributed by atoms with van der Waals surface area (Å²) in [6, 6.07) is 7.73. The highest BCUT2D eigenvalue weighted by molar-refractivity contribution is 6.68. The van der Waals surface area contributed by atoms with Crippen molar-refractivity contribution >= 4 is 46.4 Å². The molecule has 0 saturated carbocycles. The second kappa shape index (κ2) is 16.1. The highest BCUT2D eigenvalue weighted by Crippen LogP contribution is 2.31. The van der Waals surface area contributed by atoms with E-state index in [2.05, 4.69) is 17.6 Å². The third kappa shape index (κ3) is 13.6. The molecule has 0 unspecified atom stereocenters. The molecule has 1 aromatic carbocycles. The van der Waals surface area contributed by atoms with Crippen molar-refractivity contribution in [1.82, 2.24) is 5.32 Å². The lowest BCUT2D eigenvalue weighted by molar-refractivity contribution is -0.121. The van der Waals surface area contributed by atoms with E-state index < -0.39 is 9.96 Å². The van der Waals surface area contributed by atoms with E-state index in [0.717, 1.165) is 24.1 Å². The largest absolute Gasteiger partial charge is 0.362 e. The average molecular weight is 478 g/mol. The molecule has 2 N–H and O–H groups in total. The van der Waals surface area contributed by atoms with Crippen LogP contribution in [0.15, 0.2) is 24.3 Å². The van der Waals surface area contributed by atoms with Crippen molar-refractivity contribution in [3.8, 4) is 0 Å². The fourth-order valence-electron chi connectivity index (χ4n) is 3.38. The molecule has 0 radical (unpaired) electrons. The minimum Gasteiger partial charge on any atom is -0.362 e. The zero-order valence-electron chi connectivity index (χ0n) is 18.6. The molecule has 3 nitrogen and oxygen atoms in total. The van der Waals surface area contributed by atoms with Gasteiger partial charge in [-0.05, 0) is 25.5 Å². The van der Waals surface area contributed by atoms with Gasteiger partial charge in [-0.2, -0.15) is 0 Å². The van der Waals surface area contributed by atoms with Gasteiger partial charge < -0.3 is 10.6 Å². The highest BCUT2D eigenvalue weighted by atomic mass is 35.6. The maximum atomic E-state index is 12.3. The fraction of sp³-hybridized carbons (Fsp3) is 0.708. The van der Waals surface area contributed by atoms with Crippen LogP contribution in [0, 0.1) is 6.92 Å². The van der Waals surface area contributed by atoms with Gasteiger partial charge in [0, 0.05) is 12.1 Å². The Morgan fingerprint density at radius 3 is 1.77 bits per heavy atom. The van der Waals surface area contributed by atoms with Crippen molar-refractivity contribution in [3.05, 3.63) is 29.8 Å². The summed E-state index contributed by atoms with van der Waals surface area (Å²) in [5, 5.41) is 5.91. The maximum absolute atomic E-state index is 12.3. The van der Waals surface area contributed by atoms with Gasteiger partial charge in [-0.3, -0.25) is 4.79 Å². The Hall–Kier alpha value is -0.640. The van der Waals surface area contributed by atoms with Crippen LogP contribution in [0.5, 0.6) is 0 Å². The van der Waals surface area contributed by atoms with Crippen LogP contribution in [0.2, 0.25) is 0 Å². The number of unbranched alkanes of at least 4 members (excludes halogenated alkanes) is 11. The molecule has 6 heteroatoms. The highest BCUT2D eigenvalue weighted by Gasteiger charge is 2.33. The molecule has 1 aromatic rings. The lowest BCUT2D eigenvalue weighted by atomic mass is 10.0. The zero-order chi connectivity index (χ0) is 22.2. The first-order chi connectivity index (χ1) is 14.3. The molecule has 0 aliphatic rings. The minimum absolute atomic E-state index is 0.0991. The van der Waals surface area contributed by atoms with Gasteiger partial charge in [0.2, 0.25) is 9.70 Å². The van der Waals surface area contributed by atoms with Crippen LogP contribution < -0.4 is 10.6 Å². The molecule has 1 amide bonds. The second-order valence-electron chi connectivity index (χ2n) is 8.19. The van der Waals surface area contributed by atoms with Gasteiger partial charge in [0.05, 0.1) is 0 Å². The van der Waals surface area contributed by atoms with Gasteiger partial charge in [-0.15, -0.1) is 0 Å². The van der Waals surface area contributed by atoms with E-state index in [0.29, 0.717) is 6.42 Å². The summed E-state index contributed by atoms with van der Waals surface area (Å²) in [4.78, 5) is 12.3. The van der Waals surface area contributed by atoms with Gasteiger partial charge in [0.15, 0.2) is 0 Å². The van der Waals surface area contributed by atoms with Crippen molar-refractivity contribution in [1.29, 1.82) is 0 Å². The number of halogens is 3. The molecular weight excluding hydrogens is 439 g/mol. The van der Waals surface area contributed by atoms with E-state index in [9.17, 15) is 4.79 Å². The molecule has 1 rings (SSSR count). The Bertz CT molecular complexity index is 573. The number of hydrogen-bond acceptors (Lipinski definition) is 2. The van der Waals surface area contributed by atoms with Crippen molar-refractivity contribution in [2.75, 3.05) is 5.32 Å². The van der Waals surface area contributed by atoms with E-state index in [-0.39, 0.29) is 5.91 Å². The zero-order valence-corrected chi connectivity index (χ0v) is 20.9. The molecule has 0 bridgehead atoms. The SMILES string of the molecule is CCCCCCCCCCCCCCC(=O)N[C@@H](Nc1ccc(C)cc1)C(Cl)(Cl)Cl. The normalized spacial score (nSPS) is 12.6. The summed E-state index contributed by atoms with van der Waals surface area (Å²) in [5.74, 6) is -0.0991. The Kier molecular flexibility index (Phi) is 14.7. The number of aryl methyl sites for hydroxylation is 1. The van der Waals surface area contributed by atoms with E-state index in [1.165, 1.54) is 64.2 Å². The number of benzene rings is 1. The smallest absolute Gasteiger partial charge is 0.228 e. The van der Waals surface area contributed by atoms with Crippen LogP contribution in [0.1, 0.15) is 96.0 Å². The monoisotopic (exact) mass is 476 g/mol. The van der Waals surface area contributed by atoms with E-state index in [1.54, 1.807) is 0 Å². The summed E-state index contributed by atoms with van der Waals surface area (Å²) in [6.45, 7) is 4.26. The van der Waals surface area contributed by atoms with Gasteiger partial charge in [-0.25, -0.2) is 0 Å². The number of anilines is 1. The summed E-state index contributed by atoms with van der Waals surface area (Å²) in [7, 11) is 0. The van der Waals surface area contributed by atoms with E-state index >= 15 is 0 Å². The summed E-state index contributed by atoms with van der Waals surface area (Å²) >= 11 is 18.2. The third-order valence-corrected chi connectivity index (χ3v) is 5.91. The van der Waals surface area contributed by atoms with Crippen molar-refractivity contribution in [2.45, 2.75) is 107 Å². The average Bonchev–Trinajstić information content (AvgIpc) is 2.69. The maximum Gasteiger partial charge on any atom is 0.228 e. The minimum atomic E-state index is -1.64. The predicted molar refractivity (Wildman–Crippen MR) is 133 cm³/mol. The lowest BCUT2D eigenvalue weighted by Crippen LogP contribution is -2.49. The number of nitrogens with one attached hydrogen (secondary N) is 2. The number of carbonyl (C=O) groups excluding carboxylic acids is 1. The molecule has 0 aliphatic heterocycles. The Morgan fingerprint density at radius 2 is 1.30 bits per heavy atom. The predicted octanol–water partition coefficient (Wildman–Crippen LogP) is 8.31. The number of rotatable bonds is 16. The second-order valence-corrected chi connectivity index (χ2v) is 10.6. The molecule has 0 fully saturated rings. The van der Waals surface area contributed by atoms with Crippen LogP contribution in [0.3, 0.4) is 0 Å². The lowest BCUT2D eigenvalue weighted by Gasteiger charge is -2.27. The molecule has 30 heavy (non-hydrogen) atoms. The number of carbonyl (C=O) groups is 1. The number of amides is 1. The standard InChI is InChI=1S/C24H39Cl3N2O/c1-3-4-5-6-7-8-9-10-11-12-13-14-15-22(30)29-23(24(25,26)27)28-21-18-16-20(2)17-19-21/h16-19,23,28H,3-15H2,1-2H3,(H,29,30)/t23-/m1/s1.